The van der Waals surface area contributed by atoms with E-state index in [9.17, 15) is 18.0 Å². The molecule has 2 N–H and O–H groups in total. The Morgan fingerprint density at radius 3 is 2.52 bits per heavy atom. The van der Waals surface area contributed by atoms with Gasteiger partial charge in [-0.1, -0.05) is 23.7 Å². The monoisotopic (exact) mass is 362 g/mol. The Morgan fingerprint density at radius 1 is 1.39 bits per heavy atom. The predicted octanol–water partition coefficient (Wildman–Crippen LogP) is 1.25. The summed E-state index contributed by atoms with van der Waals surface area (Å²) >= 11 is 6.07. The lowest BCUT2D eigenvalue weighted by atomic mass is 10.2. The van der Waals surface area contributed by atoms with Crippen LogP contribution in [0.3, 0.4) is 0 Å². The minimum absolute atomic E-state index is 0.00435. The molecule has 0 saturated heterocycles. The number of hydrogen-bond donors (Lipinski definition) is 2. The van der Waals surface area contributed by atoms with E-state index in [2.05, 4.69) is 5.32 Å². The van der Waals surface area contributed by atoms with Gasteiger partial charge in [0.25, 0.3) is 0 Å². The van der Waals surface area contributed by atoms with Crippen LogP contribution in [-0.4, -0.2) is 48.8 Å². The second-order valence-electron chi connectivity index (χ2n) is 5.00. The van der Waals surface area contributed by atoms with Crippen LogP contribution in [0.2, 0.25) is 5.02 Å². The first kappa shape index (κ1) is 19.4. The van der Waals surface area contributed by atoms with E-state index in [1.165, 1.54) is 26.0 Å². The summed E-state index contributed by atoms with van der Waals surface area (Å²) in [5.41, 5.74) is 0.567. The van der Waals surface area contributed by atoms with Crippen molar-refractivity contribution in [3.05, 3.63) is 28.8 Å². The Labute approximate surface area is 140 Å². The number of halogens is 1. The fourth-order valence-corrected chi connectivity index (χ4v) is 4.08. The van der Waals surface area contributed by atoms with Crippen LogP contribution in [0.4, 0.5) is 0 Å². The average Bonchev–Trinajstić information content (AvgIpc) is 2.45. The number of aliphatic carboxylic acids is 1. The van der Waals surface area contributed by atoms with Gasteiger partial charge in [0.1, 0.15) is 10.9 Å². The SMILES string of the molecule is CC(=O)NCCN(C(C)C(=O)O)S(=O)(=O)c1cccc(C)c1Cl. The Hall–Kier alpha value is -1.64. The maximum absolute atomic E-state index is 12.8. The molecule has 0 saturated carbocycles. The lowest BCUT2D eigenvalue weighted by molar-refractivity contribution is -0.140. The second kappa shape index (κ2) is 7.76. The van der Waals surface area contributed by atoms with Crippen LogP contribution in [0.1, 0.15) is 19.4 Å². The summed E-state index contributed by atoms with van der Waals surface area (Å²) < 4.78 is 26.4. The number of benzene rings is 1. The predicted molar refractivity (Wildman–Crippen MR) is 85.9 cm³/mol. The summed E-state index contributed by atoms with van der Waals surface area (Å²) in [6.07, 6.45) is 0. The smallest absolute Gasteiger partial charge is 0.321 e. The Kier molecular flexibility index (Phi) is 6.55. The molecule has 0 bridgehead atoms. The highest BCUT2D eigenvalue weighted by Gasteiger charge is 2.34. The molecule has 1 aromatic carbocycles. The first-order valence-corrected chi connectivity index (χ1v) is 8.65. The highest BCUT2D eigenvalue weighted by molar-refractivity contribution is 7.89. The van der Waals surface area contributed by atoms with Crippen LogP contribution >= 0.6 is 11.6 Å². The molecule has 1 aromatic rings. The second-order valence-corrected chi connectivity index (χ2v) is 7.24. The zero-order valence-electron chi connectivity index (χ0n) is 13.0. The van der Waals surface area contributed by atoms with E-state index in [-0.39, 0.29) is 28.9 Å². The van der Waals surface area contributed by atoms with Gasteiger partial charge in [0.2, 0.25) is 15.9 Å². The molecule has 1 amide bonds. The summed E-state index contributed by atoms with van der Waals surface area (Å²) in [5.74, 6) is -1.63. The van der Waals surface area contributed by atoms with Gasteiger partial charge in [0.05, 0.1) is 5.02 Å². The molecule has 1 atom stereocenters. The van der Waals surface area contributed by atoms with E-state index in [4.69, 9.17) is 16.7 Å². The van der Waals surface area contributed by atoms with Gasteiger partial charge in [-0.05, 0) is 25.5 Å². The van der Waals surface area contributed by atoms with Crippen molar-refractivity contribution in [1.29, 1.82) is 0 Å². The van der Waals surface area contributed by atoms with Crippen molar-refractivity contribution in [2.45, 2.75) is 31.7 Å². The minimum Gasteiger partial charge on any atom is -0.480 e. The van der Waals surface area contributed by atoms with E-state index in [0.717, 1.165) is 4.31 Å². The third kappa shape index (κ3) is 4.66. The van der Waals surface area contributed by atoms with Gasteiger partial charge in [-0.2, -0.15) is 4.31 Å². The number of carboxylic acid groups (broad SMARTS) is 1. The van der Waals surface area contributed by atoms with Crippen molar-refractivity contribution >= 4 is 33.5 Å². The molecule has 128 valence electrons. The molecule has 0 radical (unpaired) electrons. The molecular weight excluding hydrogens is 344 g/mol. The van der Waals surface area contributed by atoms with E-state index in [1.807, 2.05) is 0 Å². The Morgan fingerprint density at radius 2 is 2.00 bits per heavy atom. The molecule has 0 heterocycles. The number of carbonyl (C=O) groups excluding carboxylic acids is 1. The van der Waals surface area contributed by atoms with Gasteiger partial charge in [0, 0.05) is 20.0 Å². The lowest BCUT2D eigenvalue weighted by Crippen LogP contribution is -2.46. The molecule has 0 aliphatic carbocycles. The van der Waals surface area contributed by atoms with Gasteiger partial charge in [-0.3, -0.25) is 9.59 Å². The minimum atomic E-state index is -4.13. The maximum Gasteiger partial charge on any atom is 0.321 e. The molecule has 0 aliphatic heterocycles. The normalized spacial score (nSPS) is 12.9. The lowest BCUT2D eigenvalue weighted by Gasteiger charge is -2.26. The fourth-order valence-electron chi connectivity index (χ4n) is 1.93. The maximum atomic E-state index is 12.8. The van der Waals surface area contributed by atoms with Crippen molar-refractivity contribution in [3.8, 4) is 0 Å². The number of rotatable bonds is 7. The van der Waals surface area contributed by atoms with Gasteiger partial charge in [-0.15, -0.1) is 0 Å². The number of hydrogen-bond acceptors (Lipinski definition) is 4. The number of carbonyl (C=O) groups is 2. The number of nitrogens with one attached hydrogen (secondary N) is 1. The summed E-state index contributed by atoms with van der Waals surface area (Å²) in [7, 11) is -4.13. The van der Waals surface area contributed by atoms with E-state index >= 15 is 0 Å². The van der Waals surface area contributed by atoms with Gasteiger partial charge in [0.15, 0.2) is 0 Å². The zero-order chi connectivity index (χ0) is 17.8. The first-order chi connectivity index (χ1) is 10.6. The van der Waals surface area contributed by atoms with Crippen molar-refractivity contribution in [3.63, 3.8) is 0 Å². The van der Waals surface area contributed by atoms with Crippen LogP contribution in [-0.2, 0) is 19.6 Å². The van der Waals surface area contributed by atoms with Crippen LogP contribution in [0.25, 0.3) is 0 Å². The molecule has 7 nitrogen and oxygen atoms in total. The summed E-state index contributed by atoms with van der Waals surface area (Å²) in [4.78, 5) is 22.0. The molecule has 1 rings (SSSR count). The summed E-state index contributed by atoms with van der Waals surface area (Å²) in [6, 6.07) is 3.21. The van der Waals surface area contributed by atoms with Crippen LogP contribution in [0, 0.1) is 6.92 Å². The molecule has 9 heteroatoms. The summed E-state index contributed by atoms with van der Waals surface area (Å²) in [5, 5.41) is 11.7. The third-order valence-corrected chi connectivity index (χ3v) is 5.86. The standard InChI is InChI=1S/C14H19ClN2O5S/c1-9-5-4-6-12(13(9)15)23(21,22)17(10(2)14(19)20)8-7-16-11(3)18/h4-6,10H,7-8H2,1-3H3,(H,16,18)(H,19,20). The Balaban J connectivity index is 3.25. The van der Waals surface area contributed by atoms with E-state index < -0.39 is 22.0 Å². The van der Waals surface area contributed by atoms with Crippen molar-refractivity contribution < 1.29 is 23.1 Å². The van der Waals surface area contributed by atoms with E-state index in [1.54, 1.807) is 13.0 Å². The topological polar surface area (TPSA) is 104 Å². The molecular formula is C14H19ClN2O5S. The molecule has 0 aliphatic rings. The Bertz CT molecular complexity index is 705. The highest BCUT2D eigenvalue weighted by atomic mass is 35.5. The average molecular weight is 363 g/mol. The zero-order valence-corrected chi connectivity index (χ0v) is 14.6. The highest BCUT2D eigenvalue weighted by Crippen LogP contribution is 2.28. The van der Waals surface area contributed by atoms with Crippen molar-refractivity contribution in [2.24, 2.45) is 0 Å². The number of amides is 1. The van der Waals surface area contributed by atoms with Crippen molar-refractivity contribution in [2.75, 3.05) is 13.1 Å². The third-order valence-electron chi connectivity index (χ3n) is 3.24. The van der Waals surface area contributed by atoms with Gasteiger partial charge in [-0.25, -0.2) is 8.42 Å². The molecule has 23 heavy (non-hydrogen) atoms. The summed E-state index contributed by atoms with van der Waals surface area (Å²) in [6.45, 7) is 4.02. The van der Waals surface area contributed by atoms with Crippen LogP contribution in [0.5, 0.6) is 0 Å². The first-order valence-electron chi connectivity index (χ1n) is 6.83. The van der Waals surface area contributed by atoms with Crippen LogP contribution in [0.15, 0.2) is 23.1 Å². The molecule has 0 spiro atoms. The number of aryl methyl sites for hydroxylation is 1. The van der Waals surface area contributed by atoms with Crippen molar-refractivity contribution in [1.82, 2.24) is 9.62 Å². The number of carboxylic acids is 1. The van der Waals surface area contributed by atoms with Gasteiger partial charge < -0.3 is 10.4 Å². The largest absolute Gasteiger partial charge is 0.480 e. The van der Waals surface area contributed by atoms with Crippen LogP contribution < -0.4 is 5.32 Å². The number of nitrogens with zero attached hydrogens (tertiary/aromatic N) is 1. The fraction of sp³-hybridized carbons (Fsp3) is 0.429. The molecule has 0 aromatic heterocycles. The van der Waals surface area contributed by atoms with Gasteiger partial charge >= 0.3 is 5.97 Å². The molecule has 0 fully saturated rings. The van der Waals surface area contributed by atoms with E-state index in [0.29, 0.717) is 5.56 Å². The molecule has 1 unspecified atom stereocenters. The quantitative estimate of drug-likeness (QED) is 0.759. The number of sulfonamides is 1.